The Kier molecular flexibility index (Phi) is 6.76. The van der Waals surface area contributed by atoms with Gasteiger partial charge >= 0.3 is 6.09 Å². The Labute approximate surface area is 122 Å². The van der Waals surface area contributed by atoms with E-state index in [0.29, 0.717) is 6.54 Å². The van der Waals surface area contributed by atoms with Gasteiger partial charge in [0.25, 0.3) is 0 Å². The number of hydrogen-bond donors (Lipinski definition) is 1. The average molecular weight is 286 g/mol. The maximum atomic E-state index is 12.3. The fourth-order valence-corrected chi connectivity index (χ4v) is 2.57. The summed E-state index contributed by atoms with van der Waals surface area (Å²) >= 11 is 0. The third-order valence-electron chi connectivity index (χ3n) is 3.59. The molecule has 0 bridgehead atoms. The molecule has 1 rings (SSSR count). The molecule has 1 fully saturated rings. The molecule has 1 heterocycles. The van der Waals surface area contributed by atoms with Crippen LogP contribution in [0.4, 0.5) is 4.79 Å². The number of hydrogen-bond acceptors (Lipinski definition) is 4. The first kappa shape index (κ1) is 17.2. The third kappa shape index (κ3) is 5.67. The minimum atomic E-state index is -0.450. The molecule has 118 valence electrons. The summed E-state index contributed by atoms with van der Waals surface area (Å²) in [6, 6.07) is 0.199. The molecule has 1 atom stereocenters. The van der Waals surface area contributed by atoms with Crippen molar-refractivity contribution < 1.29 is 14.6 Å². The number of likely N-dealkylation sites (tertiary alicyclic amines) is 1. The van der Waals surface area contributed by atoms with E-state index >= 15 is 0 Å². The fourth-order valence-electron chi connectivity index (χ4n) is 2.57. The lowest BCUT2D eigenvalue weighted by atomic mass is 10.0. The predicted octanol–water partition coefficient (Wildman–Crippen LogP) is 2.09. The molecule has 5 nitrogen and oxygen atoms in total. The van der Waals surface area contributed by atoms with Crippen LogP contribution in [0.1, 0.15) is 47.0 Å². The molecule has 20 heavy (non-hydrogen) atoms. The highest BCUT2D eigenvalue weighted by Gasteiger charge is 2.31. The second-order valence-electron chi connectivity index (χ2n) is 6.44. The lowest BCUT2D eigenvalue weighted by Crippen LogP contribution is -2.51. The standard InChI is InChI=1S/C15H30N2O3/c1-5-16(10-11-18)12-13-8-6-7-9-17(13)14(19)20-15(2,3)4/h13,18H,5-12H2,1-4H3. The van der Waals surface area contributed by atoms with Crippen LogP contribution in [0.25, 0.3) is 0 Å². The minimum Gasteiger partial charge on any atom is -0.444 e. The molecule has 0 aromatic carbocycles. The average Bonchev–Trinajstić information content (AvgIpc) is 2.36. The Morgan fingerprint density at radius 2 is 2.10 bits per heavy atom. The van der Waals surface area contributed by atoms with E-state index in [9.17, 15) is 4.79 Å². The minimum absolute atomic E-state index is 0.160. The summed E-state index contributed by atoms with van der Waals surface area (Å²) < 4.78 is 5.50. The van der Waals surface area contributed by atoms with Crippen LogP contribution in [0.3, 0.4) is 0 Å². The molecule has 1 saturated heterocycles. The van der Waals surface area contributed by atoms with E-state index in [0.717, 1.165) is 38.9 Å². The molecule has 1 aliphatic rings. The summed E-state index contributed by atoms with van der Waals surface area (Å²) in [5.74, 6) is 0. The van der Waals surface area contributed by atoms with E-state index in [-0.39, 0.29) is 18.7 Å². The third-order valence-corrected chi connectivity index (χ3v) is 3.59. The first-order chi connectivity index (χ1) is 9.37. The molecule has 1 unspecified atom stereocenters. The zero-order chi connectivity index (χ0) is 15.2. The number of piperidine rings is 1. The second kappa shape index (κ2) is 7.84. The zero-order valence-corrected chi connectivity index (χ0v) is 13.4. The van der Waals surface area contributed by atoms with Gasteiger partial charge in [0.05, 0.1) is 6.61 Å². The Morgan fingerprint density at radius 3 is 2.65 bits per heavy atom. The predicted molar refractivity (Wildman–Crippen MR) is 79.8 cm³/mol. The number of ether oxygens (including phenoxy) is 1. The maximum absolute atomic E-state index is 12.3. The van der Waals surface area contributed by atoms with Crippen molar-refractivity contribution in [3.05, 3.63) is 0 Å². The quantitative estimate of drug-likeness (QED) is 0.841. The number of amides is 1. The number of aliphatic hydroxyl groups excluding tert-OH is 1. The summed E-state index contributed by atoms with van der Waals surface area (Å²) in [5.41, 5.74) is -0.450. The highest BCUT2D eigenvalue weighted by molar-refractivity contribution is 5.68. The van der Waals surface area contributed by atoms with Crippen molar-refractivity contribution in [1.82, 2.24) is 9.80 Å². The monoisotopic (exact) mass is 286 g/mol. The fraction of sp³-hybridized carbons (Fsp3) is 0.933. The summed E-state index contributed by atoms with van der Waals surface area (Å²) in [7, 11) is 0. The van der Waals surface area contributed by atoms with Gasteiger partial charge in [0, 0.05) is 25.7 Å². The molecule has 0 saturated carbocycles. The van der Waals surface area contributed by atoms with Crippen molar-refractivity contribution in [3.8, 4) is 0 Å². The van der Waals surface area contributed by atoms with Gasteiger partial charge in [-0.1, -0.05) is 6.92 Å². The van der Waals surface area contributed by atoms with E-state index < -0.39 is 5.60 Å². The first-order valence-electron chi connectivity index (χ1n) is 7.70. The van der Waals surface area contributed by atoms with Gasteiger partial charge in [-0.05, 0) is 46.6 Å². The lowest BCUT2D eigenvalue weighted by Gasteiger charge is -2.39. The van der Waals surface area contributed by atoms with Gasteiger partial charge in [0.2, 0.25) is 0 Å². The number of carbonyl (C=O) groups excluding carboxylic acids is 1. The lowest BCUT2D eigenvalue weighted by molar-refractivity contribution is 0.00471. The Morgan fingerprint density at radius 1 is 1.40 bits per heavy atom. The second-order valence-corrected chi connectivity index (χ2v) is 6.44. The molecule has 0 spiro atoms. The number of rotatable bonds is 5. The van der Waals surface area contributed by atoms with Crippen molar-refractivity contribution in [2.24, 2.45) is 0 Å². The van der Waals surface area contributed by atoms with E-state index in [1.165, 1.54) is 0 Å². The molecule has 1 N–H and O–H groups in total. The van der Waals surface area contributed by atoms with Crippen LogP contribution in [0.15, 0.2) is 0 Å². The Hall–Kier alpha value is -0.810. The summed E-state index contributed by atoms with van der Waals surface area (Å²) in [4.78, 5) is 16.3. The maximum Gasteiger partial charge on any atom is 0.410 e. The van der Waals surface area contributed by atoms with Crippen molar-refractivity contribution in [2.75, 3.05) is 32.8 Å². The van der Waals surface area contributed by atoms with Gasteiger partial charge in [-0.15, -0.1) is 0 Å². The number of aliphatic hydroxyl groups is 1. The van der Waals surface area contributed by atoms with Crippen LogP contribution in [-0.2, 0) is 4.74 Å². The highest BCUT2D eigenvalue weighted by Crippen LogP contribution is 2.21. The molecule has 1 amide bonds. The zero-order valence-electron chi connectivity index (χ0n) is 13.4. The molecule has 0 aromatic heterocycles. The SMILES string of the molecule is CCN(CCO)CC1CCCCN1C(=O)OC(C)(C)C. The van der Waals surface area contributed by atoms with Gasteiger partial charge < -0.3 is 14.7 Å². The molecular weight excluding hydrogens is 256 g/mol. The van der Waals surface area contributed by atoms with Crippen molar-refractivity contribution in [3.63, 3.8) is 0 Å². The highest BCUT2D eigenvalue weighted by atomic mass is 16.6. The van der Waals surface area contributed by atoms with E-state index in [1.54, 1.807) is 0 Å². The van der Waals surface area contributed by atoms with Crippen molar-refractivity contribution in [2.45, 2.75) is 58.6 Å². The number of nitrogens with zero attached hydrogens (tertiary/aromatic N) is 2. The van der Waals surface area contributed by atoms with Gasteiger partial charge in [-0.25, -0.2) is 4.79 Å². The smallest absolute Gasteiger partial charge is 0.410 e. The van der Waals surface area contributed by atoms with E-state index in [1.807, 2.05) is 25.7 Å². The van der Waals surface area contributed by atoms with E-state index in [2.05, 4.69) is 11.8 Å². The summed E-state index contributed by atoms with van der Waals surface area (Å²) in [6.45, 7) is 11.1. The largest absolute Gasteiger partial charge is 0.444 e. The number of carbonyl (C=O) groups is 1. The van der Waals surface area contributed by atoms with Gasteiger partial charge in [-0.2, -0.15) is 0 Å². The molecule has 0 aliphatic carbocycles. The van der Waals surface area contributed by atoms with Crippen LogP contribution < -0.4 is 0 Å². The topological polar surface area (TPSA) is 53.0 Å². The van der Waals surface area contributed by atoms with Gasteiger partial charge in [0.1, 0.15) is 5.60 Å². The summed E-state index contributed by atoms with van der Waals surface area (Å²) in [5, 5.41) is 9.08. The molecule has 0 aromatic rings. The van der Waals surface area contributed by atoms with Crippen molar-refractivity contribution >= 4 is 6.09 Å². The molecule has 0 radical (unpaired) electrons. The van der Waals surface area contributed by atoms with Crippen LogP contribution in [0.5, 0.6) is 0 Å². The molecule has 5 heteroatoms. The number of likely N-dealkylation sites (N-methyl/N-ethyl adjacent to an activating group) is 1. The van der Waals surface area contributed by atoms with Crippen LogP contribution >= 0.6 is 0 Å². The normalized spacial score (nSPS) is 20.3. The Bertz CT molecular complexity index is 302. The van der Waals surface area contributed by atoms with Gasteiger partial charge in [0.15, 0.2) is 0 Å². The van der Waals surface area contributed by atoms with E-state index in [4.69, 9.17) is 9.84 Å². The van der Waals surface area contributed by atoms with Crippen LogP contribution in [-0.4, -0.2) is 65.4 Å². The molecule has 1 aliphatic heterocycles. The van der Waals surface area contributed by atoms with Crippen molar-refractivity contribution in [1.29, 1.82) is 0 Å². The molecular formula is C15H30N2O3. The van der Waals surface area contributed by atoms with Gasteiger partial charge in [-0.3, -0.25) is 4.90 Å². The van der Waals surface area contributed by atoms with Crippen LogP contribution in [0.2, 0.25) is 0 Å². The first-order valence-corrected chi connectivity index (χ1v) is 7.70. The Balaban J connectivity index is 2.63. The van der Waals surface area contributed by atoms with Crippen LogP contribution in [0, 0.1) is 0 Å². The summed E-state index contributed by atoms with van der Waals surface area (Å²) in [6.07, 6.45) is 3.01.